The fourth-order valence-electron chi connectivity index (χ4n) is 1.60. The molecule has 1 aliphatic carbocycles. The number of alkyl carbamates (subject to hydrolysis) is 1. The second kappa shape index (κ2) is 5.89. The van der Waals surface area contributed by atoms with Gasteiger partial charge < -0.3 is 4.74 Å². The lowest BCUT2D eigenvalue weighted by molar-refractivity contribution is 0.142. The second-order valence-corrected chi connectivity index (χ2v) is 3.85. The molecule has 3 heteroatoms. The Balaban J connectivity index is 1.78. The topological polar surface area (TPSA) is 38.3 Å². The SMILES string of the molecule is O=C(NC1=CC=CCC1)OCc1ccccc1. The van der Waals surface area contributed by atoms with Crippen LogP contribution < -0.4 is 5.32 Å². The summed E-state index contributed by atoms with van der Waals surface area (Å²) in [6.45, 7) is 0.301. The van der Waals surface area contributed by atoms with Gasteiger partial charge in [0.2, 0.25) is 0 Å². The molecule has 0 atom stereocenters. The number of benzene rings is 1. The monoisotopic (exact) mass is 229 g/mol. The van der Waals surface area contributed by atoms with Gasteiger partial charge in [0.1, 0.15) is 6.61 Å². The maximum atomic E-state index is 11.5. The third kappa shape index (κ3) is 3.79. The zero-order valence-corrected chi connectivity index (χ0v) is 9.56. The smallest absolute Gasteiger partial charge is 0.411 e. The van der Waals surface area contributed by atoms with Crippen molar-refractivity contribution in [3.05, 3.63) is 59.8 Å². The van der Waals surface area contributed by atoms with Crippen LogP contribution >= 0.6 is 0 Å². The minimum atomic E-state index is -0.393. The van der Waals surface area contributed by atoms with E-state index in [9.17, 15) is 4.79 Å². The lowest BCUT2D eigenvalue weighted by Gasteiger charge is -2.11. The molecule has 0 spiro atoms. The van der Waals surface area contributed by atoms with Crippen LogP contribution in [-0.4, -0.2) is 6.09 Å². The Hall–Kier alpha value is -2.03. The molecule has 1 aromatic carbocycles. The van der Waals surface area contributed by atoms with Crippen LogP contribution in [0.5, 0.6) is 0 Å². The molecule has 0 bridgehead atoms. The van der Waals surface area contributed by atoms with Gasteiger partial charge in [-0.3, -0.25) is 5.32 Å². The average molecular weight is 229 g/mol. The predicted octanol–water partition coefficient (Wildman–Crippen LogP) is 3.15. The van der Waals surface area contributed by atoms with Gasteiger partial charge in [-0.05, 0) is 24.5 Å². The van der Waals surface area contributed by atoms with Crippen molar-refractivity contribution in [2.45, 2.75) is 19.4 Å². The van der Waals surface area contributed by atoms with E-state index in [4.69, 9.17) is 4.74 Å². The summed E-state index contributed by atoms with van der Waals surface area (Å²) in [6, 6.07) is 9.63. The number of nitrogens with one attached hydrogen (secondary N) is 1. The highest BCUT2D eigenvalue weighted by Crippen LogP contribution is 2.09. The van der Waals surface area contributed by atoms with Crippen LogP contribution in [0.3, 0.4) is 0 Å². The van der Waals surface area contributed by atoms with Crippen LogP contribution in [0.1, 0.15) is 18.4 Å². The quantitative estimate of drug-likeness (QED) is 0.864. The number of ether oxygens (including phenoxy) is 1. The fraction of sp³-hybridized carbons (Fsp3) is 0.214. The standard InChI is InChI=1S/C14H15NO2/c16-14(15-13-9-5-2-6-10-13)17-11-12-7-3-1-4-8-12/h1-5,7-9H,6,10-11H2,(H,15,16). The first-order valence-corrected chi connectivity index (χ1v) is 5.68. The summed E-state index contributed by atoms with van der Waals surface area (Å²) in [5.74, 6) is 0. The van der Waals surface area contributed by atoms with Gasteiger partial charge in [0.25, 0.3) is 0 Å². The van der Waals surface area contributed by atoms with Crippen molar-refractivity contribution in [3.63, 3.8) is 0 Å². The van der Waals surface area contributed by atoms with Crippen LogP contribution in [0.25, 0.3) is 0 Å². The summed E-state index contributed by atoms with van der Waals surface area (Å²) >= 11 is 0. The molecular weight excluding hydrogens is 214 g/mol. The number of hydrogen-bond donors (Lipinski definition) is 1. The van der Waals surface area contributed by atoms with Crippen LogP contribution in [0, 0.1) is 0 Å². The van der Waals surface area contributed by atoms with Crippen molar-refractivity contribution in [2.24, 2.45) is 0 Å². The van der Waals surface area contributed by atoms with Crippen molar-refractivity contribution < 1.29 is 9.53 Å². The largest absolute Gasteiger partial charge is 0.444 e. The Kier molecular flexibility index (Phi) is 3.97. The molecule has 2 rings (SSSR count). The summed E-state index contributed by atoms with van der Waals surface area (Å²) in [4.78, 5) is 11.5. The van der Waals surface area contributed by atoms with E-state index in [2.05, 4.69) is 11.4 Å². The summed E-state index contributed by atoms with van der Waals surface area (Å²) in [5, 5.41) is 2.74. The van der Waals surface area contributed by atoms with Gasteiger partial charge in [-0.1, -0.05) is 42.5 Å². The second-order valence-electron chi connectivity index (χ2n) is 3.85. The number of allylic oxidation sites excluding steroid dienone is 4. The van der Waals surface area contributed by atoms with E-state index < -0.39 is 6.09 Å². The van der Waals surface area contributed by atoms with Crippen molar-refractivity contribution in [2.75, 3.05) is 0 Å². The van der Waals surface area contributed by atoms with Crippen LogP contribution in [-0.2, 0) is 11.3 Å². The Morgan fingerprint density at radius 1 is 1.29 bits per heavy atom. The third-order valence-electron chi connectivity index (χ3n) is 2.49. The molecule has 0 heterocycles. The number of carbonyl (C=O) groups is 1. The van der Waals surface area contributed by atoms with Gasteiger partial charge in [0, 0.05) is 5.70 Å². The first-order valence-electron chi connectivity index (χ1n) is 5.68. The lowest BCUT2D eigenvalue weighted by Crippen LogP contribution is -2.24. The molecule has 0 aliphatic heterocycles. The predicted molar refractivity (Wildman–Crippen MR) is 66.2 cm³/mol. The van der Waals surface area contributed by atoms with Gasteiger partial charge in [0.15, 0.2) is 0 Å². The molecule has 0 fully saturated rings. The van der Waals surface area contributed by atoms with Gasteiger partial charge in [-0.2, -0.15) is 0 Å². The highest BCUT2D eigenvalue weighted by Gasteiger charge is 2.06. The van der Waals surface area contributed by atoms with Crippen molar-refractivity contribution in [1.29, 1.82) is 0 Å². The molecule has 3 nitrogen and oxygen atoms in total. The van der Waals surface area contributed by atoms with E-state index in [1.807, 2.05) is 42.5 Å². The van der Waals surface area contributed by atoms with E-state index >= 15 is 0 Å². The van der Waals surface area contributed by atoms with Gasteiger partial charge in [-0.15, -0.1) is 0 Å². The molecule has 0 saturated heterocycles. The van der Waals surface area contributed by atoms with E-state index in [0.717, 1.165) is 24.1 Å². The summed E-state index contributed by atoms with van der Waals surface area (Å²) in [6.07, 6.45) is 7.33. The molecule has 1 N–H and O–H groups in total. The molecule has 1 aliphatic rings. The van der Waals surface area contributed by atoms with E-state index in [1.54, 1.807) is 0 Å². The number of rotatable bonds is 3. The molecule has 1 aromatic rings. The lowest BCUT2D eigenvalue weighted by atomic mass is 10.1. The molecule has 88 valence electrons. The zero-order valence-electron chi connectivity index (χ0n) is 9.56. The average Bonchev–Trinajstić information content (AvgIpc) is 2.39. The maximum Gasteiger partial charge on any atom is 0.411 e. The molecule has 1 amide bonds. The maximum absolute atomic E-state index is 11.5. The van der Waals surface area contributed by atoms with E-state index in [1.165, 1.54) is 0 Å². The normalized spacial score (nSPS) is 14.0. The summed E-state index contributed by atoms with van der Waals surface area (Å²) < 4.78 is 5.12. The van der Waals surface area contributed by atoms with Crippen LogP contribution in [0.15, 0.2) is 54.3 Å². The Bertz CT molecular complexity index is 435. The number of carbonyl (C=O) groups excluding carboxylic acids is 1. The highest BCUT2D eigenvalue weighted by molar-refractivity contribution is 5.69. The van der Waals surface area contributed by atoms with Crippen molar-refractivity contribution in [1.82, 2.24) is 5.32 Å². The van der Waals surface area contributed by atoms with E-state index in [-0.39, 0.29) is 0 Å². The fourth-order valence-corrected chi connectivity index (χ4v) is 1.60. The summed E-state index contributed by atoms with van der Waals surface area (Å²) in [5.41, 5.74) is 1.89. The molecule has 0 aromatic heterocycles. The Morgan fingerprint density at radius 3 is 2.82 bits per heavy atom. The van der Waals surface area contributed by atoms with Crippen LogP contribution in [0.4, 0.5) is 4.79 Å². The minimum Gasteiger partial charge on any atom is -0.444 e. The molecule has 0 saturated carbocycles. The molecule has 0 radical (unpaired) electrons. The van der Waals surface area contributed by atoms with E-state index in [0.29, 0.717) is 6.61 Å². The Labute approximate surface area is 101 Å². The van der Waals surface area contributed by atoms with Gasteiger partial charge in [-0.25, -0.2) is 4.79 Å². The third-order valence-corrected chi connectivity index (χ3v) is 2.49. The Morgan fingerprint density at radius 2 is 2.12 bits per heavy atom. The molecule has 0 unspecified atom stereocenters. The zero-order chi connectivity index (χ0) is 11.9. The van der Waals surface area contributed by atoms with Gasteiger partial charge in [0.05, 0.1) is 0 Å². The molecule has 17 heavy (non-hydrogen) atoms. The highest BCUT2D eigenvalue weighted by atomic mass is 16.5. The first kappa shape index (κ1) is 11.5. The first-order chi connectivity index (χ1) is 8.34. The van der Waals surface area contributed by atoms with Crippen molar-refractivity contribution in [3.8, 4) is 0 Å². The molecular formula is C14H15NO2. The minimum absolute atomic E-state index is 0.301. The van der Waals surface area contributed by atoms with Crippen LogP contribution in [0.2, 0.25) is 0 Å². The number of amides is 1. The number of hydrogen-bond acceptors (Lipinski definition) is 2. The summed E-state index contributed by atoms with van der Waals surface area (Å²) in [7, 11) is 0. The van der Waals surface area contributed by atoms with Gasteiger partial charge >= 0.3 is 6.09 Å². The van der Waals surface area contributed by atoms with Crippen molar-refractivity contribution >= 4 is 6.09 Å².